The lowest BCUT2D eigenvalue weighted by Gasteiger charge is -2.18. The summed E-state index contributed by atoms with van der Waals surface area (Å²) in [4.78, 5) is 14.3. The number of halogens is 1. The highest BCUT2D eigenvalue weighted by Crippen LogP contribution is 2.30. The standard InChI is InChI=1S/C16H15ClN2O5S/c1-10-2-4-12(17)9-15(10)25(21,22)19-18-16(20)11-3-5-13-14(8-11)24-7-6-23-13/h2-5,8-9,19H,6-7H2,1H3,(H,18,20). The summed E-state index contributed by atoms with van der Waals surface area (Å²) in [5.74, 6) is 0.352. The van der Waals surface area contributed by atoms with Gasteiger partial charge in [0, 0.05) is 10.6 Å². The van der Waals surface area contributed by atoms with E-state index in [4.69, 9.17) is 21.1 Å². The second-order valence-electron chi connectivity index (χ2n) is 5.33. The highest BCUT2D eigenvalue weighted by molar-refractivity contribution is 7.89. The van der Waals surface area contributed by atoms with Crippen molar-refractivity contribution in [1.29, 1.82) is 0 Å². The Labute approximate surface area is 149 Å². The molecule has 0 spiro atoms. The number of hydrogen-bond acceptors (Lipinski definition) is 5. The molecule has 0 aliphatic carbocycles. The quantitative estimate of drug-likeness (QED) is 0.789. The highest BCUT2D eigenvalue weighted by Gasteiger charge is 2.20. The summed E-state index contributed by atoms with van der Waals surface area (Å²) >= 11 is 5.84. The van der Waals surface area contributed by atoms with Crippen molar-refractivity contribution in [2.24, 2.45) is 0 Å². The van der Waals surface area contributed by atoms with E-state index in [1.165, 1.54) is 18.2 Å². The van der Waals surface area contributed by atoms with Gasteiger partial charge in [-0.1, -0.05) is 17.7 Å². The lowest BCUT2D eigenvalue weighted by Crippen LogP contribution is -2.41. The molecule has 1 aliphatic rings. The third kappa shape index (κ3) is 3.87. The summed E-state index contributed by atoms with van der Waals surface area (Å²) in [5, 5.41) is 0.282. The van der Waals surface area contributed by atoms with Crippen LogP contribution in [0.3, 0.4) is 0 Å². The predicted molar refractivity (Wildman–Crippen MR) is 91.4 cm³/mol. The molecule has 9 heteroatoms. The van der Waals surface area contributed by atoms with Gasteiger partial charge >= 0.3 is 0 Å². The second-order valence-corrected chi connectivity index (χ2v) is 7.42. The van der Waals surface area contributed by atoms with Crippen LogP contribution in [-0.2, 0) is 10.0 Å². The van der Waals surface area contributed by atoms with Crippen molar-refractivity contribution in [3.8, 4) is 11.5 Å². The van der Waals surface area contributed by atoms with E-state index >= 15 is 0 Å². The van der Waals surface area contributed by atoms with E-state index in [1.54, 1.807) is 25.1 Å². The van der Waals surface area contributed by atoms with Gasteiger partial charge in [-0.3, -0.25) is 10.2 Å². The molecule has 1 aliphatic heterocycles. The molecule has 0 aromatic heterocycles. The van der Waals surface area contributed by atoms with Crippen LogP contribution in [0.5, 0.6) is 11.5 Å². The number of hydrogen-bond donors (Lipinski definition) is 2. The van der Waals surface area contributed by atoms with Crippen LogP contribution in [0.4, 0.5) is 0 Å². The SMILES string of the molecule is Cc1ccc(Cl)cc1S(=O)(=O)NNC(=O)c1ccc2c(c1)OCCO2. The molecule has 3 rings (SSSR count). The molecule has 132 valence electrons. The van der Waals surface area contributed by atoms with Gasteiger partial charge in [-0.2, -0.15) is 0 Å². The molecule has 0 fully saturated rings. The summed E-state index contributed by atoms with van der Waals surface area (Å²) < 4.78 is 35.5. The summed E-state index contributed by atoms with van der Waals surface area (Å²) in [6.45, 7) is 2.46. The number of rotatable bonds is 4. The van der Waals surface area contributed by atoms with Crippen molar-refractivity contribution >= 4 is 27.5 Å². The van der Waals surface area contributed by atoms with Gasteiger partial charge in [0.15, 0.2) is 11.5 Å². The number of aryl methyl sites for hydroxylation is 1. The van der Waals surface area contributed by atoms with Crippen LogP contribution in [0, 0.1) is 6.92 Å². The van der Waals surface area contributed by atoms with Crippen molar-refractivity contribution in [2.75, 3.05) is 13.2 Å². The van der Waals surface area contributed by atoms with Crippen LogP contribution < -0.4 is 19.7 Å². The van der Waals surface area contributed by atoms with Crippen molar-refractivity contribution in [3.63, 3.8) is 0 Å². The molecule has 2 aromatic carbocycles. The number of carbonyl (C=O) groups is 1. The normalized spacial score (nSPS) is 13.4. The average Bonchev–Trinajstić information content (AvgIpc) is 2.61. The van der Waals surface area contributed by atoms with E-state index in [-0.39, 0.29) is 15.5 Å². The number of sulfonamides is 1. The first-order chi connectivity index (χ1) is 11.9. The topological polar surface area (TPSA) is 93.7 Å². The second kappa shape index (κ2) is 6.91. The van der Waals surface area contributed by atoms with Gasteiger partial charge in [0.1, 0.15) is 13.2 Å². The molecule has 0 radical (unpaired) electrons. The maximum atomic E-state index is 12.3. The fourth-order valence-corrected chi connectivity index (χ4v) is 3.64. The largest absolute Gasteiger partial charge is 0.486 e. The van der Waals surface area contributed by atoms with Crippen LogP contribution in [-0.4, -0.2) is 27.5 Å². The molecule has 1 heterocycles. The van der Waals surface area contributed by atoms with Crippen LogP contribution in [0.1, 0.15) is 15.9 Å². The Hall–Kier alpha value is -2.29. The molecular formula is C16H15ClN2O5S. The molecule has 0 atom stereocenters. The fraction of sp³-hybridized carbons (Fsp3) is 0.188. The van der Waals surface area contributed by atoms with Crippen LogP contribution >= 0.6 is 11.6 Å². The number of amides is 1. The fourth-order valence-electron chi connectivity index (χ4n) is 2.29. The lowest BCUT2D eigenvalue weighted by molar-refractivity contribution is 0.0944. The maximum absolute atomic E-state index is 12.3. The first kappa shape index (κ1) is 17.5. The van der Waals surface area contributed by atoms with Crippen molar-refractivity contribution in [1.82, 2.24) is 10.3 Å². The van der Waals surface area contributed by atoms with E-state index in [9.17, 15) is 13.2 Å². The first-order valence-corrected chi connectivity index (χ1v) is 9.21. The predicted octanol–water partition coefficient (Wildman–Crippen LogP) is 2.04. The Morgan fingerprint density at radius 2 is 1.80 bits per heavy atom. The molecule has 2 N–H and O–H groups in total. The summed E-state index contributed by atoms with van der Waals surface area (Å²) in [5.41, 5.74) is 2.91. The maximum Gasteiger partial charge on any atom is 0.266 e. The zero-order valence-corrected chi connectivity index (χ0v) is 14.8. The van der Waals surface area contributed by atoms with Gasteiger partial charge in [-0.25, -0.2) is 8.42 Å². The van der Waals surface area contributed by atoms with E-state index < -0.39 is 15.9 Å². The van der Waals surface area contributed by atoms with Crippen molar-refractivity contribution in [3.05, 3.63) is 52.5 Å². The van der Waals surface area contributed by atoms with Gasteiger partial charge in [-0.15, -0.1) is 4.83 Å². The number of nitrogens with one attached hydrogen (secondary N) is 2. The van der Waals surface area contributed by atoms with Gasteiger partial charge in [0.05, 0.1) is 4.90 Å². The molecule has 25 heavy (non-hydrogen) atoms. The minimum absolute atomic E-state index is 0.0116. The lowest BCUT2D eigenvalue weighted by atomic mass is 10.2. The minimum Gasteiger partial charge on any atom is -0.486 e. The van der Waals surface area contributed by atoms with Crippen molar-refractivity contribution < 1.29 is 22.7 Å². The van der Waals surface area contributed by atoms with Gasteiger partial charge in [0.25, 0.3) is 15.9 Å². The molecule has 0 saturated heterocycles. The summed E-state index contributed by atoms with van der Waals surface area (Å²) in [6.07, 6.45) is 0. The van der Waals surface area contributed by atoms with E-state index in [0.717, 1.165) is 0 Å². The third-order valence-electron chi connectivity index (χ3n) is 3.54. The smallest absolute Gasteiger partial charge is 0.266 e. The molecule has 2 aromatic rings. The Bertz CT molecular complexity index is 930. The van der Waals surface area contributed by atoms with Crippen LogP contribution in [0.25, 0.3) is 0 Å². The average molecular weight is 383 g/mol. The first-order valence-electron chi connectivity index (χ1n) is 7.35. The molecule has 1 amide bonds. The zero-order chi connectivity index (χ0) is 18.0. The van der Waals surface area contributed by atoms with Gasteiger partial charge < -0.3 is 9.47 Å². The molecule has 0 unspecified atom stereocenters. The number of ether oxygens (including phenoxy) is 2. The van der Waals surface area contributed by atoms with Crippen LogP contribution in [0.2, 0.25) is 5.02 Å². The van der Waals surface area contributed by atoms with Gasteiger partial charge in [-0.05, 0) is 42.8 Å². The highest BCUT2D eigenvalue weighted by atomic mass is 35.5. The molecule has 7 nitrogen and oxygen atoms in total. The van der Waals surface area contributed by atoms with E-state index in [0.29, 0.717) is 30.3 Å². The van der Waals surface area contributed by atoms with E-state index in [2.05, 4.69) is 10.3 Å². The van der Waals surface area contributed by atoms with Crippen LogP contribution in [0.15, 0.2) is 41.3 Å². The Kier molecular flexibility index (Phi) is 4.85. The number of benzene rings is 2. The summed E-state index contributed by atoms with van der Waals surface area (Å²) in [6, 6.07) is 9.09. The van der Waals surface area contributed by atoms with Crippen molar-refractivity contribution in [2.45, 2.75) is 11.8 Å². The Morgan fingerprint density at radius 3 is 2.56 bits per heavy atom. The monoisotopic (exact) mass is 382 g/mol. The van der Waals surface area contributed by atoms with Gasteiger partial charge in [0.2, 0.25) is 0 Å². The third-order valence-corrected chi connectivity index (χ3v) is 5.17. The Morgan fingerprint density at radius 1 is 1.08 bits per heavy atom. The Balaban J connectivity index is 1.74. The molecule has 0 saturated carbocycles. The number of fused-ring (bicyclic) bond motifs is 1. The molecular weight excluding hydrogens is 368 g/mol. The molecule has 0 bridgehead atoms. The summed E-state index contributed by atoms with van der Waals surface area (Å²) in [7, 11) is -3.96. The number of hydrazine groups is 1. The van der Waals surface area contributed by atoms with E-state index in [1.807, 2.05) is 0 Å². The zero-order valence-electron chi connectivity index (χ0n) is 13.2. The minimum atomic E-state index is -3.96. The number of carbonyl (C=O) groups excluding carboxylic acids is 1.